The van der Waals surface area contributed by atoms with Gasteiger partial charge in [-0.15, -0.1) is 0 Å². The van der Waals surface area contributed by atoms with Crippen LogP contribution in [0.1, 0.15) is 80.9 Å². The molecular formula is C29H34F4O2. The van der Waals surface area contributed by atoms with Crippen LogP contribution in [-0.4, -0.2) is 19.8 Å². The van der Waals surface area contributed by atoms with E-state index in [1.54, 1.807) is 32.2 Å². The largest absolute Gasteiger partial charge is 0.491 e. The standard InChI is InChI=1S/C29H34F4O2/c1-3-35-25-17-16-24(28(32)29(25)33)19-7-4-18(5-8-19)6-9-21-12-15-23(27(31)26(21)30)20-10-13-22(34-2)14-11-20/h10,12,15-19,22H,3-9,11,13-14H2,1-2H3. The summed E-state index contributed by atoms with van der Waals surface area (Å²) in [5.74, 6) is -2.99. The fraction of sp³-hybridized carbons (Fsp3) is 0.517. The van der Waals surface area contributed by atoms with Gasteiger partial charge >= 0.3 is 0 Å². The molecule has 1 saturated carbocycles. The Kier molecular flexibility index (Phi) is 8.53. The van der Waals surface area contributed by atoms with E-state index in [9.17, 15) is 17.6 Å². The Morgan fingerprint density at radius 1 is 0.857 bits per heavy atom. The maximum atomic E-state index is 14.9. The first-order chi connectivity index (χ1) is 16.9. The molecule has 190 valence electrons. The van der Waals surface area contributed by atoms with Crippen LogP contribution in [0, 0.1) is 29.2 Å². The second-order valence-electron chi connectivity index (χ2n) is 9.73. The predicted octanol–water partition coefficient (Wildman–Crippen LogP) is 8.13. The minimum atomic E-state index is -0.921. The van der Waals surface area contributed by atoms with Crippen molar-refractivity contribution in [3.05, 3.63) is 70.3 Å². The van der Waals surface area contributed by atoms with Crippen LogP contribution in [0.5, 0.6) is 5.75 Å². The number of benzene rings is 2. The molecule has 2 aromatic rings. The Labute approximate surface area is 205 Å². The van der Waals surface area contributed by atoms with Crippen molar-refractivity contribution in [1.82, 2.24) is 0 Å². The van der Waals surface area contributed by atoms with Gasteiger partial charge in [0, 0.05) is 12.7 Å². The summed E-state index contributed by atoms with van der Waals surface area (Å²) in [6.45, 7) is 2.01. The topological polar surface area (TPSA) is 18.5 Å². The highest BCUT2D eigenvalue weighted by Crippen LogP contribution is 2.40. The van der Waals surface area contributed by atoms with E-state index >= 15 is 0 Å². The van der Waals surface area contributed by atoms with Gasteiger partial charge in [-0.2, -0.15) is 4.39 Å². The number of halogens is 4. The highest BCUT2D eigenvalue weighted by molar-refractivity contribution is 5.67. The normalized spacial score (nSPS) is 22.7. The highest BCUT2D eigenvalue weighted by atomic mass is 19.2. The second-order valence-corrected chi connectivity index (χ2v) is 9.73. The van der Waals surface area contributed by atoms with Crippen LogP contribution >= 0.6 is 0 Å². The zero-order chi connectivity index (χ0) is 24.9. The molecule has 0 N–H and O–H groups in total. The highest BCUT2D eigenvalue weighted by Gasteiger charge is 2.27. The van der Waals surface area contributed by atoms with E-state index in [4.69, 9.17) is 9.47 Å². The molecule has 0 radical (unpaired) electrons. The predicted molar refractivity (Wildman–Crippen MR) is 130 cm³/mol. The first-order valence-electron chi connectivity index (χ1n) is 12.7. The average Bonchev–Trinajstić information content (AvgIpc) is 2.88. The smallest absolute Gasteiger partial charge is 0.200 e. The van der Waals surface area contributed by atoms with Gasteiger partial charge < -0.3 is 9.47 Å². The third-order valence-electron chi connectivity index (χ3n) is 7.69. The van der Waals surface area contributed by atoms with E-state index in [1.807, 2.05) is 6.08 Å². The van der Waals surface area contributed by atoms with Gasteiger partial charge in [-0.1, -0.05) is 24.3 Å². The van der Waals surface area contributed by atoms with Crippen LogP contribution in [0.25, 0.3) is 5.57 Å². The van der Waals surface area contributed by atoms with Crippen molar-refractivity contribution in [2.75, 3.05) is 13.7 Å². The lowest BCUT2D eigenvalue weighted by molar-refractivity contribution is 0.0964. The number of rotatable bonds is 8. The third kappa shape index (κ3) is 5.74. The number of hydrogen-bond donors (Lipinski definition) is 0. The summed E-state index contributed by atoms with van der Waals surface area (Å²) in [5, 5.41) is 0. The molecule has 0 bridgehead atoms. The van der Waals surface area contributed by atoms with Crippen molar-refractivity contribution in [2.45, 2.75) is 76.7 Å². The van der Waals surface area contributed by atoms with Gasteiger partial charge in [-0.3, -0.25) is 0 Å². The molecular weight excluding hydrogens is 456 g/mol. The molecule has 4 rings (SSSR count). The van der Waals surface area contributed by atoms with E-state index in [0.29, 0.717) is 41.9 Å². The summed E-state index contributed by atoms with van der Waals surface area (Å²) in [5.41, 5.74) is 2.00. The Hall–Kier alpha value is -2.34. The number of hydrogen-bond acceptors (Lipinski definition) is 2. The summed E-state index contributed by atoms with van der Waals surface area (Å²) in [7, 11) is 1.67. The molecule has 0 aliphatic heterocycles. The Bertz CT molecular complexity index is 1060. The van der Waals surface area contributed by atoms with E-state index in [0.717, 1.165) is 44.1 Å². The molecule has 0 spiro atoms. The van der Waals surface area contributed by atoms with Crippen LogP contribution < -0.4 is 4.74 Å². The van der Waals surface area contributed by atoms with E-state index in [2.05, 4.69) is 0 Å². The third-order valence-corrected chi connectivity index (χ3v) is 7.69. The Balaban J connectivity index is 1.33. The minimum Gasteiger partial charge on any atom is -0.491 e. The lowest BCUT2D eigenvalue weighted by Gasteiger charge is -2.29. The molecule has 0 heterocycles. The van der Waals surface area contributed by atoms with E-state index < -0.39 is 23.3 Å². The summed E-state index contributed by atoms with van der Waals surface area (Å²) in [4.78, 5) is 0. The van der Waals surface area contributed by atoms with Gasteiger partial charge in [-0.05, 0) is 99.3 Å². The maximum absolute atomic E-state index is 14.9. The van der Waals surface area contributed by atoms with Gasteiger partial charge in [0.1, 0.15) is 0 Å². The quantitative estimate of drug-likeness (QED) is 0.348. The number of methoxy groups -OCH3 is 1. The van der Waals surface area contributed by atoms with Crippen molar-refractivity contribution in [1.29, 1.82) is 0 Å². The Morgan fingerprint density at radius 3 is 2.29 bits per heavy atom. The van der Waals surface area contributed by atoms with Crippen LogP contribution in [0.2, 0.25) is 0 Å². The van der Waals surface area contributed by atoms with Gasteiger partial charge in [0.15, 0.2) is 23.2 Å². The first kappa shape index (κ1) is 25.7. The summed E-state index contributed by atoms with van der Waals surface area (Å²) >= 11 is 0. The Morgan fingerprint density at radius 2 is 1.63 bits per heavy atom. The zero-order valence-electron chi connectivity index (χ0n) is 20.5. The fourth-order valence-corrected chi connectivity index (χ4v) is 5.55. The minimum absolute atomic E-state index is 0.0358. The molecule has 2 nitrogen and oxygen atoms in total. The first-order valence-corrected chi connectivity index (χ1v) is 12.7. The number of allylic oxidation sites excluding steroid dienone is 1. The van der Waals surface area contributed by atoms with Crippen molar-refractivity contribution in [3.8, 4) is 5.75 Å². The summed E-state index contributed by atoms with van der Waals surface area (Å²) < 4.78 is 69.0. The van der Waals surface area contributed by atoms with Gasteiger partial charge in [0.2, 0.25) is 5.82 Å². The number of ether oxygens (including phenoxy) is 2. The van der Waals surface area contributed by atoms with Gasteiger partial charge in [-0.25, -0.2) is 13.2 Å². The molecule has 0 saturated heterocycles. The molecule has 0 aromatic heterocycles. The van der Waals surface area contributed by atoms with Crippen LogP contribution in [0.15, 0.2) is 30.3 Å². The SMILES string of the molecule is CCOc1ccc(C2CCC(CCc3ccc(C4=CCC(OC)CC4)c(F)c3F)CC2)c(F)c1F. The zero-order valence-corrected chi connectivity index (χ0v) is 20.5. The van der Waals surface area contributed by atoms with Crippen LogP contribution in [0.4, 0.5) is 17.6 Å². The fourth-order valence-electron chi connectivity index (χ4n) is 5.55. The van der Waals surface area contributed by atoms with Crippen molar-refractivity contribution in [3.63, 3.8) is 0 Å². The van der Waals surface area contributed by atoms with E-state index in [1.165, 1.54) is 6.07 Å². The number of aryl methyl sites for hydroxylation is 1. The van der Waals surface area contributed by atoms with E-state index in [-0.39, 0.29) is 24.4 Å². The summed E-state index contributed by atoms with van der Waals surface area (Å²) in [6.07, 6.45) is 8.72. The molecule has 1 atom stereocenters. The molecule has 1 unspecified atom stereocenters. The van der Waals surface area contributed by atoms with Gasteiger partial charge in [0.05, 0.1) is 12.7 Å². The van der Waals surface area contributed by atoms with Crippen LogP contribution in [0.3, 0.4) is 0 Å². The van der Waals surface area contributed by atoms with Crippen molar-refractivity contribution < 1.29 is 27.0 Å². The molecule has 2 aliphatic rings. The molecule has 2 aromatic carbocycles. The molecule has 6 heteroatoms. The molecule has 35 heavy (non-hydrogen) atoms. The monoisotopic (exact) mass is 490 g/mol. The summed E-state index contributed by atoms with van der Waals surface area (Å²) in [6, 6.07) is 6.54. The molecule has 1 fully saturated rings. The lowest BCUT2D eigenvalue weighted by Crippen LogP contribution is -2.16. The van der Waals surface area contributed by atoms with Gasteiger partial charge in [0.25, 0.3) is 0 Å². The molecule has 2 aliphatic carbocycles. The maximum Gasteiger partial charge on any atom is 0.200 e. The van der Waals surface area contributed by atoms with Crippen LogP contribution in [-0.2, 0) is 11.2 Å². The second kappa shape index (κ2) is 11.6. The molecule has 0 amide bonds. The lowest BCUT2D eigenvalue weighted by atomic mass is 9.76. The van der Waals surface area contributed by atoms with Crippen molar-refractivity contribution in [2.24, 2.45) is 5.92 Å². The van der Waals surface area contributed by atoms with Crippen molar-refractivity contribution >= 4 is 5.57 Å². The average molecular weight is 491 g/mol.